The Balaban J connectivity index is 1.68. The van der Waals surface area contributed by atoms with Gasteiger partial charge < -0.3 is 15.1 Å². The van der Waals surface area contributed by atoms with Gasteiger partial charge in [0.1, 0.15) is 0 Å². The van der Waals surface area contributed by atoms with Gasteiger partial charge in [-0.2, -0.15) is 0 Å². The predicted molar refractivity (Wildman–Crippen MR) is 92.9 cm³/mol. The number of rotatable bonds is 5. The lowest BCUT2D eigenvalue weighted by Gasteiger charge is -2.08. The number of hydrogen-bond acceptors (Lipinski definition) is 5. The summed E-state index contributed by atoms with van der Waals surface area (Å²) >= 11 is 1.50. The Bertz CT molecular complexity index is 849. The van der Waals surface area contributed by atoms with Gasteiger partial charge in [0.15, 0.2) is 16.5 Å². The number of hydrogen-bond donors (Lipinski definition) is 2. The van der Waals surface area contributed by atoms with Crippen LogP contribution >= 0.6 is 11.3 Å². The van der Waals surface area contributed by atoms with Crippen molar-refractivity contribution >= 4 is 33.4 Å². The second-order valence-corrected chi connectivity index (χ2v) is 6.59. The fraction of sp³-hybridized carbons (Fsp3) is 0.235. The van der Waals surface area contributed by atoms with Crippen LogP contribution < -0.4 is 10.6 Å². The van der Waals surface area contributed by atoms with Gasteiger partial charge in [0.2, 0.25) is 5.91 Å². The molecule has 0 aliphatic heterocycles. The standard InChI is InChI=1S/C17H17N3O3S/c1-10(2)19-15(21)9-18-16(22)12-7-8-13(23-12)17-20-11-5-3-4-6-14(11)24-17/h3-8,10H,9H2,1-2H3,(H,18,22)(H,19,21). The molecule has 6 nitrogen and oxygen atoms in total. The maximum Gasteiger partial charge on any atom is 0.287 e. The minimum Gasteiger partial charge on any atom is -0.448 e. The van der Waals surface area contributed by atoms with E-state index in [4.69, 9.17) is 4.42 Å². The molecule has 2 heterocycles. The molecule has 2 amide bonds. The molecule has 2 aromatic heterocycles. The number of benzene rings is 1. The van der Waals surface area contributed by atoms with E-state index in [1.165, 1.54) is 11.3 Å². The quantitative estimate of drug-likeness (QED) is 0.746. The van der Waals surface area contributed by atoms with Crippen molar-refractivity contribution in [1.82, 2.24) is 15.6 Å². The smallest absolute Gasteiger partial charge is 0.287 e. The second-order valence-electron chi connectivity index (χ2n) is 5.56. The van der Waals surface area contributed by atoms with Crippen LogP contribution in [0.15, 0.2) is 40.8 Å². The maximum absolute atomic E-state index is 12.0. The molecule has 0 atom stereocenters. The molecule has 0 bridgehead atoms. The van der Waals surface area contributed by atoms with Crippen LogP contribution in [0, 0.1) is 0 Å². The van der Waals surface area contributed by atoms with E-state index < -0.39 is 5.91 Å². The van der Waals surface area contributed by atoms with Crippen molar-refractivity contribution in [1.29, 1.82) is 0 Å². The molecule has 124 valence electrons. The van der Waals surface area contributed by atoms with Gasteiger partial charge in [-0.15, -0.1) is 11.3 Å². The minimum absolute atomic E-state index is 0.0312. The largest absolute Gasteiger partial charge is 0.448 e. The van der Waals surface area contributed by atoms with Crippen LogP contribution in [-0.4, -0.2) is 29.4 Å². The summed E-state index contributed by atoms with van der Waals surface area (Å²) in [5.74, 6) is 0.0205. The van der Waals surface area contributed by atoms with Gasteiger partial charge in [0.05, 0.1) is 16.8 Å². The summed E-state index contributed by atoms with van der Waals surface area (Å²) in [7, 11) is 0. The van der Waals surface area contributed by atoms with Crippen molar-refractivity contribution in [2.75, 3.05) is 6.54 Å². The molecule has 0 saturated heterocycles. The summed E-state index contributed by atoms with van der Waals surface area (Å²) in [6.07, 6.45) is 0. The van der Waals surface area contributed by atoms with E-state index in [9.17, 15) is 9.59 Å². The molecule has 1 aromatic carbocycles. The zero-order chi connectivity index (χ0) is 17.1. The molecule has 3 aromatic rings. The van der Waals surface area contributed by atoms with E-state index in [0.717, 1.165) is 10.2 Å². The zero-order valence-electron chi connectivity index (χ0n) is 13.3. The first-order chi connectivity index (χ1) is 11.5. The van der Waals surface area contributed by atoms with Crippen LogP contribution in [0.3, 0.4) is 0 Å². The van der Waals surface area contributed by atoms with Gasteiger partial charge in [-0.3, -0.25) is 9.59 Å². The van der Waals surface area contributed by atoms with Crippen molar-refractivity contribution in [3.8, 4) is 10.8 Å². The number of amides is 2. The number of furan rings is 1. The van der Waals surface area contributed by atoms with Gasteiger partial charge in [-0.1, -0.05) is 12.1 Å². The highest BCUT2D eigenvalue weighted by Gasteiger charge is 2.15. The monoisotopic (exact) mass is 343 g/mol. The van der Waals surface area contributed by atoms with Crippen LogP contribution in [-0.2, 0) is 4.79 Å². The van der Waals surface area contributed by atoms with Gasteiger partial charge in [-0.05, 0) is 38.1 Å². The second kappa shape index (κ2) is 6.84. The Morgan fingerprint density at radius 1 is 1.21 bits per heavy atom. The SMILES string of the molecule is CC(C)NC(=O)CNC(=O)c1ccc(-c2nc3ccccc3s2)o1. The molecule has 0 unspecified atom stereocenters. The molecule has 7 heteroatoms. The number of fused-ring (bicyclic) bond motifs is 1. The van der Waals surface area contributed by atoms with E-state index in [-0.39, 0.29) is 24.3 Å². The molecule has 3 rings (SSSR count). The summed E-state index contributed by atoms with van der Waals surface area (Å²) in [6.45, 7) is 3.63. The molecule has 0 aliphatic carbocycles. The molecule has 2 N–H and O–H groups in total. The summed E-state index contributed by atoms with van der Waals surface area (Å²) in [4.78, 5) is 28.1. The van der Waals surface area contributed by atoms with Gasteiger partial charge in [0, 0.05) is 6.04 Å². The molecule has 0 aliphatic rings. The van der Waals surface area contributed by atoms with Crippen molar-refractivity contribution in [3.05, 3.63) is 42.2 Å². The fourth-order valence-electron chi connectivity index (χ4n) is 2.17. The van der Waals surface area contributed by atoms with E-state index in [1.807, 2.05) is 38.1 Å². The first kappa shape index (κ1) is 16.2. The van der Waals surface area contributed by atoms with Crippen LogP contribution in [0.2, 0.25) is 0 Å². The van der Waals surface area contributed by atoms with Crippen molar-refractivity contribution in [2.45, 2.75) is 19.9 Å². The molecular weight excluding hydrogens is 326 g/mol. The number of carbonyl (C=O) groups excluding carboxylic acids is 2. The Morgan fingerprint density at radius 2 is 2.00 bits per heavy atom. The Hall–Kier alpha value is -2.67. The Labute approximate surface area is 142 Å². The van der Waals surface area contributed by atoms with Crippen LogP contribution in [0.1, 0.15) is 24.4 Å². The molecule has 0 fully saturated rings. The van der Waals surface area contributed by atoms with Gasteiger partial charge in [0.25, 0.3) is 5.91 Å². The minimum atomic E-state index is -0.429. The third-order valence-electron chi connectivity index (χ3n) is 3.19. The third-order valence-corrected chi connectivity index (χ3v) is 4.24. The van der Waals surface area contributed by atoms with E-state index in [1.54, 1.807) is 12.1 Å². The first-order valence-corrected chi connectivity index (χ1v) is 8.38. The molecule has 0 spiro atoms. The molecule has 0 radical (unpaired) electrons. The van der Waals surface area contributed by atoms with Crippen LogP contribution in [0.4, 0.5) is 0 Å². The fourth-order valence-corrected chi connectivity index (χ4v) is 3.10. The normalized spacial score (nSPS) is 11.0. The van der Waals surface area contributed by atoms with Crippen molar-refractivity contribution in [2.24, 2.45) is 0 Å². The first-order valence-electron chi connectivity index (χ1n) is 7.56. The van der Waals surface area contributed by atoms with E-state index >= 15 is 0 Å². The number of para-hydroxylation sites is 1. The highest BCUT2D eigenvalue weighted by molar-refractivity contribution is 7.21. The number of carbonyl (C=O) groups is 2. The van der Waals surface area contributed by atoms with Gasteiger partial charge in [-0.25, -0.2) is 4.98 Å². The highest BCUT2D eigenvalue weighted by Crippen LogP contribution is 2.30. The lowest BCUT2D eigenvalue weighted by atomic mass is 10.3. The Kier molecular flexibility index (Phi) is 4.61. The predicted octanol–water partition coefficient (Wildman–Crippen LogP) is 2.81. The Morgan fingerprint density at radius 3 is 2.75 bits per heavy atom. The number of aromatic nitrogens is 1. The van der Waals surface area contributed by atoms with E-state index in [0.29, 0.717) is 10.8 Å². The maximum atomic E-state index is 12.0. The number of thiazole rings is 1. The van der Waals surface area contributed by atoms with Gasteiger partial charge >= 0.3 is 0 Å². The number of nitrogens with zero attached hydrogens (tertiary/aromatic N) is 1. The molecule has 0 saturated carbocycles. The van der Waals surface area contributed by atoms with Crippen LogP contribution in [0.5, 0.6) is 0 Å². The summed E-state index contributed by atoms with van der Waals surface area (Å²) in [5, 5.41) is 5.95. The van der Waals surface area contributed by atoms with E-state index in [2.05, 4.69) is 15.6 Å². The number of nitrogens with one attached hydrogen (secondary N) is 2. The zero-order valence-corrected chi connectivity index (χ0v) is 14.1. The summed E-state index contributed by atoms with van der Waals surface area (Å²) in [6, 6.07) is 11.1. The highest BCUT2D eigenvalue weighted by atomic mass is 32.1. The summed E-state index contributed by atoms with van der Waals surface area (Å²) in [5.41, 5.74) is 0.894. The van der Waals surface area contributed by atoms with Crippen molar-refractivity contribution in [3.63, 3.8) is 0 Å². The van der Waals surface area contributed by atoms with Crippen LogP contribution in [0.25, 0.3) is 21.0 Å². The van der Waals surface area contributed by atoms with Crippen molar-refractivity contribution < 1.29 is 14.0 Å². The lowest BCUT2D eigenvalue weighted by Crippen LogP contribution is -2.39. The lowest BCUT2D eigenvalue weighted by molar-refractivity contribution is -0.120. The summed E-state index contributed by atoms with van der Waals surface area (Å²) < 4.78 is 6.63. The molecule has 24 heavy (non-hydrogen) atoms. The third kappa shape index (κ3) is 3.62. The average molecular weight is 343 g/mol. The molecular formula is C17H17N3O3S. The average Bonchev–Trinajstić information content (AvgIpc) is 3.18. The topological polar surface area (TPSA) is 84.2 Å².